The summed E-state index contributed by atoms with van der Waals surface area (Å²) in [5.41, 5.74) is 2.17. The monoisotopic (exact) mass is 318 g/mol. The molecule has 1 N–H and O–H groups in total. The molecule has 4 rings (SSSR count). The highest BCUT2D eigenvalue weighted by Crippen LogP contribution is 2.33. The second-order valence-electron chi connectivity index (χ2n) is 5.31. The number of aromatic nitrogens is 3. The maximum Gasteiger partial charge on any atom is 0.305 e. The van der Waals surface area contributed by atoms with E-state index >= 15 is 0 Å². The van der Waals surface area contributed by atoms with E-state index in [4.69, 9.17) is 4.74 Å². The van der Waals surface area contributed by atoms with Crippen LogP contribution in [0.15, 0.2) is 53.7 Å². The van der Waals surface area contributed by atoms with Crippen LogP contribution in [0.4, 0.5) is 5.82 Å². The van der Waals surface area contributed by atoms with Crippen molar-refractivity contribution in [2.45, 2.75) is 0 Å². The van der Waals surface area contributed by atoms with Gasteiger partial charge in [0.05, 0.1) is 0 Å². The Labute approximate surface area is 138 Å². The van der Waals surface area contributed by atoms with Gasteiger partial charge in [0.2, 0.25) is 5.88 Å². The van der Waals surface area contributed by atoms with Crippen molar-refractivity contribution in [1.29, 1.82) is 0 Å². The second kappa shape index (κ2) is 5.66. The van der Waals surface area contributed by atoms with Crippen molar-refractivity contribution < 1.29 is 9.84 Å². The van der Waals surface area contributed by atoms with Gasteiger partial charge in [-0.3, -0.25) is 4.57 Å². The number of pyridine rings is 1. The van der Waals surface area contributed by atoms with E-state index in [0.717, 1.165) is 11.1 Å². The number of hydrogen-bond donors (Lipinski definition) is 1. The summed E-state index contributed by atoms with van der Waals surface area (Å²) in [6.07, 6.45) is 5.18. The fourth-order valence-corrected chi connectivity index (χ4v) is 2.46. The molecule has 1 aromatic carbocycles. The van der Waals surface area contributed by atoms with E-state index in [9.17, 15) is 5.11 Å². The van der Waals surface area contributed by atoms with Crippen LogP contribution in [0, 0.1) is 0 Å². The average molecular weight is 318 g/mol. The van der Waals surface area contributed by atoms with Gasteiger partial charge < -0.3 is 9.84 Å². The highest BCUT2D eigenvalue weighted by atomic mass is 16.5. The van der Waals surface area contributed by atoms with Gasteiger partial charge in [-0.2, -0.15) is 4.98 Å². The van der Waals surface area contributed by atoms with Crippen molar-refractivity contribution in [3.8, 4) is 17.6 Å². The Morgan fingerprint density at radius 2 is 1.96 bits per heavy atom. The third-order valence-electron chi connectivity index (χ3n) is 3.72. The Morgan fingerprint density at radius 1 is 1.12 bits per heavy atom. The molecule has 0 bridgehead atoms. The Bertz CT molecular complexity index is 958. The first-order valence-corrected chi connectivity index (χ1v) is 7.42. The van der Waals surface area contributed by atoms with Gasteiger partial charge in [-0.05, 0) is 30.3 Å². The van der Waals surface area contributed by atoms with Gasteiger partial charge in [-0.25, -0.2) is 9.98 Å². The van der Waals surface area contributed by atoms with Crippen LogP contribution in [0.3, 0.4) is 0 Å². The van der Waals surface area contributed by atoms with Gasteiger partial charge in [0.1, 0.15) is 11.4 Å². The van der Waals surface area contributed by atoms with E-state index in [1.165, 1.54) is 4.57 Å². The average Bonchev–Trinajstić information content (AvgIpc) is 3.13. The number of ether oxygens (including phenoxy) is 1. The van der Waals surface area contributed by atoms with Crippen LogP contribution in [0.5, 0.6) is 17.6 Å². The minimum Gasteiger partial charge on any atom is -0.493 e. The van der Waals surface area contributed by atoms with Crippen LogP contribution >= 0.6 is 0 Å². The molecule has 0 spiro atoms. The van der Waals surface area contributed by atoms with Gasteiger partial charge in [0, 0.05) is 30.6 Å². The summed E-state index contributed by atoms with van der Waals surface area (Å²) in [7, 11) is 1.70. The quantitative estimate of drug-likeness (QED) is 0.801. The predicted octanol–water partition coefficient (Wildman–Crippen LogP) is 3.57. The zero-order valence-corrected chi connectivity index (χ0v) is 12.9. The number of fused-ring (bicyclic) bond motifs is 1. The Kier molecular flexibility index (Phi) is 3.35. The third kappa shape index (κ3) is 2.44. The summed E-state index contributed by atoms with van der Waals surface area (Å²) in [6.45, 7) is 0. The van der Waals surface area contributed by atoms with E-state index in [2.05, 4.69) is 15.0 Å². The fraction of sp³-hybridized carbons (Fsp3) is 0.0556. The minimum atomic E-state index is 0.0270. The summed E-state index contributed by atoms with van der Waals surface area (Å²) in [4.78, 5) is 12.8. The Hall–Kier alpha value is -3.41. The number of aliphatic imine (C=N–C) groups is 1. The Morgan fingerprint density at radius 3 is 2.79 bits per heavy atom. The summed E-state index contributed by atoms with van der Waals surface area (Å²) < 4.78 is 7.22. The molecule has 0 aliphatic carbocycles. The summed E-state index contributed by atoms with van der Waals surface area (Å²) in [5.74, 6) is 1.35. The number of allylic oxidation sites excluding steroid dienone is 1. The van der Waals surface area contributed by atoms with Crippen molar-refractivity contribution in [3.05, 3.63) is 59.9 Å². The smallest absolute Gasteiger partial charge is 0.305 e. The maximum atomic E-state index is 10.3. The molecule has 0 saturated carbocycles. The lowest BCUT2D eigenvalue weighted by Crippen LogP contribution is -1.93. The molecule has 1 aliphatic heterocycles. The zero-order chi connectivity index (χ0) is 16.5. The van der Waals surface area contributed by atoms with E-state index in [1.54, 1.807) is 25.5 Å². The van der Waals surface area contributed by atoms with E-state index in [0.29, 0.717) is 23.3 Å². The number of aromatic hydroxyl groups is 1. The molecular weight excluding hydrogens is 304 g/mol. The van der Waals surface area contributed by atoms with Gasteiger partial charge in [-0.1, -0.05) is 18.2 Å². The molecule has 0 unspecified atom stereocenters. The van der Waals surface area contributed by atoms with Gasteiger partial charge in [-0.15, -0.1) is 0 Å². The standard InChI is InChI=1S/C18H14N4O2/c1-22-17(23)15(21-18(22)24-13-6-3-2-4-7-13)10-12-11-20-16-14(12)8-5-9-19-16/h2-11,23H,1H3. The molecule has 0 radical (unpaired) electrons. The van der Waals surface area contributed by atoms with Crippen LogP contribution in [-0.2, 0) is 7.05 Å². The van der Waals surface area contributed by atoms with Crippen molar-refractivity contribution in [2.75, 3.05) is 0 Å². The normalized spacial score (nSPS) is 14.1. The molecule has 3 heterocycles. The molecule has 0 fully saturated rings. The van der Waals surface area contributed by atoms with Gasteiger partial charge in [0.25, 0.3) is 0 Å². The number of nitrogens with zero attached hydrogens (tertiary/aromatic N) is 4. The fourth-order valence-electron chi connectivity index (χ4n) is 2.46. The lowest BCUT2D eigenvalue weighted by atomic mass is 10.1. The molecule has 1 aliphatic rings. The van der Waals surface area contributed by atoms with Crippen molar-refractivity contribution in [3.63, 3.8) is 0 Å². The van der Waals surface area contributed by atoms with E-state index < -0.39 is 0 Å². The largest absolute Gasteiger partial charge is 0.493 e. The van der Waals surface area contributed by atoms with Crippen LogP contribution in [0.2, 0.25) is 0 Å². The molecule has 0 atom stereocenters. The molecule has 118 valence electrons. The maximum absolute atomic E-state index is 10.3. The lowest BCUT2D eigenvalue weighted by molar-refractivity contribution is 0.388. The molecule has 6 nitrogen and oxygen atoms in total. The molecular formula is C18H14N4O2. The molecule has 24 heavy (non-hydrogen) atoms. The minimum absolute atomic E-state index is 0.0270. The molecule has 0 amide bonds. The van der Waals surface area contributed by atoms with Crippen molar-refractivity contribution in [2.24, 2.45) is 12.0 Å². The summed E-state index contributed by atoms with van der Waals surface area (Å²) in [6, 6.07) is 13.4. The first-order valence-electron chi connectivity index (χ1n) is 7.42. The number of rotatable bonds is 3. The van der Waals surface area contributed by atoms with Crippen LogP contribution in [0.1, 0.15) is 11.3 Å². The van der Waals surface area contributed by atoms with Gasteiger partial charge >= 0.3 is 6.01 Å². The lowest BCUT2D eigenvalue weighted by Gasteiger charge is -2.03. The highest BCUT2D eigenvalue weighted by molar-refractivity contribution is 6.20. The van der Waals surface area contributed by atoms with E-state index in [-0.39, 0.29) is 5.88 Å². The van der Waals surface area contributed by atoms with Crippen molar-refractivity contribution in [1.82, 2.24) is 14.5 Å². The number of hydrogen-bond acceptors (Lipinski definition) is 5. The second-order valence-corrected chi connectivity index (χ2v) is 5.31. The SMILES string of the molecule is Cn1c(Oc2ccccc2)nc(C=C2C=Nc3ncccc32)c1O. The predicted molar refractivity (Wildman–Crippen MR) is 91.6 cm³/mol. The van der Waals surface area contributed by atoms with Crippen LogP contribution in [-0.4, -0.2) is 25.9 Å². The number of imidazole rings is 1. The molecule has 6 heteroatoms. The summed E-state index contributed by atoms with van der Waals surface area (Å²) in [5, 5.41) is 10.3. The first kappa shape index (κ1) is 14.2. The highest BCUT2D eigenvalue weighted by Gasteiger charge is 2.18. The van der Waals surface area contributed by atoms with Crippen molar-refractivity contribution >= 4 is 23.7 Å². The first-order chi connectivity index (χ1) is 11.7. The molecule has 2 aromatic heterocycles. The molecule has 3 aromatic rings. The summed E-state index contributed by atoms with van der Waals surface area (Å²) >= 11 is 0. The van der Waals surface area contributed by atoms with Crippen LogP contribution in [0.25, 0.3) is 11.6 Å². The van der Waals surface area contributed by atoms with E-state index in [1.807, 2.05) is 42.5 Å². The number of benzene rings is 1. The topological polar surface area (TPSA) is 72.5 Å². The van der Waals surface area contributed by atoms with Gasteiger partial charge in [0.15, 0.2) is 5.82 Å². The molecule has 0 saturated heterocycles. The Balaban J connectivity index is 1.69. The number of para-hydroxylation sites is 1. The zero-order valence-electron chi connectivity index (χ0n) is 12.9. The van der Waals surface area contributed by atoms with Crippen LogP contribution < -0.4 is 4.74 Å². The third-order valence-corrected chi connectivity index (χ3v) is 3.72.